The van der Waals surface area contributed by atoms with Crippen LogP contribution in [0.5, 0.6) is 0 Å². The van der Waals surface area contributed by atoms with Gasteiger partial charge >= 0.3 is 0 Å². The number of anilines is 1. The second-order valence-corrected chi connectivity index (χ2v) is 5.49. The minimum absolute atomic E-state index is 0.467. The predicted molar refractivity (Wildman–Crippen MR) is 76.6 cm³/mol. The standard InChI is InChI=1S/C14H20N6/c1-11(2)20-8-5-16-13(20)12-3-6-19(7-4-12)14-17-9-15-10-18-14/h5,8-12H,3-4,6-7H2,1-2H3. The van der Waals surface area contributed by atoms with E-state index < -0.39 is 0 Å². The fourth-order valence-electron chi connectivity index (χ4n) is 2.81. The summed E-state index contributed by atoms with van der Waals surface area (Å²) in [5.41, 5.74) is 0. The number of piperidine rings is 1. The van der Waals surface area contributed by atoms with Crippen LogP contribution in [0.15, 0.2) is 25.0 Å². The number of hydrogen-bond acceptors (Lipinski definition) is 5. The van der Waals surface area contributed by atoms with Crippen LogP contribution < -0.4 is 4.90 Å². The third kappa shape index (κ3) is 2.50. The average Bonchev–Trinajstić information content (AvgIpc) is 2.98. The number of nitrogens with zero attached hydrogens (tertiary/aromatic N) is 6. The molecule has 1 aliphatic rings. The maximum atomic E-state index is 4.56. The first kappa shape index (κ1) is 13.0. The zero-order chi connectivity index (χ0) is 13.9. The summed E-state index contributed by atoms with van der Waals surface area (Å²) < 4.78 is 2.28. The van der Waals surface area contributed by atoms with Crippen molar-refractivity contribution in [2.75, 3.05) is 18.0 Å². The summed E-state index contributed by atoms with van der Waals surface area (Å²) >= 11 is 0. The summed E-state index contributed by atoms with van der Waals surface area (Å²) in [4.78, 5) is 19.1. The molecule has 0 bridgehead atoms. The Morgan fingerprint density at radius 2 is 1.80 bits per heavy atom. The fourth-order valence-corrected chi connectivity index (χ4v) is 2.81. The lowest BCUT2D eigenvalue weighted by Crippen LogP contribution is -2.35. The van der Waals surface area contributed by atoms with Crippen LogP contribution in [0.1, 0.15) is 44.5 Å². The van der Waals surface area contributed by atoms with Crippen LogP contribution >= 0.6 is 0 Å². The normalized spacial score (nSPS) is 16.9. The molecule has 1 aliphatic heterocycles. The molecule has 6 heteroatoms. The number of hydrogen-bond donors (Lipinski definition) is 0. The Morgan fingerprint density at radius 3 is 2.45 bits per heavy atom. The molecule has 3 heterocycles. The van der Waals surface area contributed by atoms with Crippen molar-refractivity contribution in [3.8, 4) is 0 Å². The van der Waals surface area contributed by atoms with Gasteiger partial charge in [-0.05, 0) is 26.7 Å². The predicted octanol–water partition coefficient (Wildman–Crippen LogP) is 2.03. The van der Waals surface area contributed by atoms with Crippen molar-refractivity contribution in [1.29, 1.82) is 0 Å². The molecule has 0 aromatic carbocycles. The van der Waals surface area contributed by atoms with Gasteiger partial charge in [0, 0.05) is 37.4 Å². The monoisotopic (exact) mass is 272 g/mol. The van der Waals surface area contributed by atoms with Crippen molar-refractivity contribution in [2.24, 2.45) is 0 Å². The first-order chi connectivity index (χ1) is 9.75. The van der Waals surface area contributed by atoms with E-state index in [1.165, 1.54) is 5.82 Å². The largest absolute Gasteiger partial charge is 0.341 e. The molecule has 0 radical (unpaired) electrons. The van der Waals surface area contributed by atoms with E-state index in [9.17, 15) is 0 Å². The number of aromatic nitrogens is 5. The molecular weight excluding hydrogens is 252 g/mol. The Balaban J connectivity index is 1.68. The molecule has 0 unspecified atom stereocenters. The Kier molecular flexibility index (Phi) is 3.62. The van der Waals surface area contributed by atoms with Crippen LogP contribution in [0.4, 0.5) is 5.95 Å². The number of rotatable bonds is 3. The van der Waals surface area contributed by atoms with E-state index in [1.54, 1.807) is 12.7 Å². The third-order valence-corrected chi connectivity index (χ3v) is 3.88. The summed E-state index contributed by atoms with van der Waals surface area (Å²) in [7, 11) is 0. The molecule has 20 heavy (non-hydrogen) atoms. The molecule has 0 spiro atoms. The SMILES string of the molecule is CC(C)n1ccnc1C1CCN(c2ncncn2)CC1. The van der Waals surface area contributed by atoms with Gasteiger partial charge in [-0.2, -0.15) is 0 Å². The van der Waals surface area contributed by atoms with E-state index in [1.807, 2.05) is 6.20 Å². The van der Waals surface area contributed by atoms with Gasteiger partial charge in [0.15, 0.2) is 0 Å². The molecule has 1 fully saturated rings. The van der Waals surface area contributed by atoms with E-state index in [4.69, 9.17) is 0 Å². The van der Waals surface area contributed by atoms with Gasteiger partial charge < -0.3 is 9.47 Å². The average molecular weight is 272 g/mol. The minimum atomic E-state index is 0.467. The zero-order valence-corrected chi connectivity index (χ0v) is 12.0. The molecule has 0 aliphatic carbocycles. The Hall–Kier alpha value is -1.98. The molecule has 0 atom stereocenters. The molecule has 1 saturated heterocycles. The second-order valence-electron chi connectivity index (χ2n) is 5.49. The van der Waals surface area contributed by atoms with E-state index in [0.29, 0.717) is 12.0 Å². The van der Waals surface area contributed by atoms with E-state index >= 15 is 0 Å². The van der Waals surface area contributed by atoms with Gasteiger partial charge in [0.1, 0.15) is 18.5 Å². The lowest BCUT2D eigenvalue weighted by molar-refractivity contribution is 0.446. The maximum Gasteiger partial charge on any atom is 0.228 e. The quantitative estimate of drug-likeness (QED) is 0.855. The summed E-state index contributed by atoms with van der Waals surface area (Å²) in [5.74, 6) is 2.53. The minimum Gasteiger partial charge on any atom is -0.341 e. The van der Waals surface area contributed by atoms with Gasteiger partial charge in [-0.3, -0.25) is 0 Å². The Morgan fingerprint density at radius 1 is 1.10 bits per heavy atom. The Bertz CT molecular complexity index is 542. The first-order valence-corrected chi connectivity index (χ1v) is 7.15. The van der Waals surface area contributed by atoms with Crippen molar-refractivity contribution in [3.05, 3.63) is 30.9 Å². The highest BCUT2D eigenvalue weighted by Gasteiger charge is 2.25. The summed E-state index contributed by atoms with van der Waals surface area (Å²) in [6.07, 6.45) is 9.29. The maximum absolute atomic E-state index is 4.56. The summed E-state index contributed by atoms with van der Waals surface area (Å²) in [5, 5.41) is 0. The highest BCUT2D eigenvalue weighted by Crippen LogP contribution is 2.29. The van der Waals surface area contributed by atoms with Crippen LogP contribution in [-0.2, 0) is 0 Å². The van der Waals surface area contributed by atoms with Crippen molar-refractivity contribution in [2.45, 2.75) is 38.6 Å². The molecule has 106 valence electrons. The van der Waals surface area contributed by atoms with Gasteiger partial charge in [0.05, 0.1) is 0 Å². The molecule has 3 rings (SSSR count). The van der Waals surface area contributed by atoms with Crippen LogP contribution in [0, 0.1) is 0 Å². The van der Waals surface area contributed by atoms with E-state index in [0.717, 1.165) is 31.9 Å². The molecule has 2 aromatic rings. The van der Waals surface area contributed by atoms with Crippen molar-refractivity contribution >= 4 is 5.95 Å². The lowest BCUT2D eigenvalue weighted by Gasteiger charge is -2.32. The van der Waals surface area contributed by atoms with Crippen molar-refractivity contribution < 1.29 is 0 Å². The Labute approximate surface area is 118 Å². The molecular formula is C14H20N6. The second kappa shape index (κ2) is 5.56. The van der Waals surface area contributed by atoms with E-state index in [-0.39, 0.29) is 0 Å². The van der Waals surface area contributed by atoms with Crippen molar-refractivity contribution in [1.82, 2.24) is 24.5 Å². The van der Waals surface area contributed by atoms with Gasteiger partial charge in [-0.15, -0.1) is 0 Å². The highest BCUT2D eigenvalue weighted by molar-refractivity contribution is 5.28. The van der Waals surface area contributed by atoms with Crippen molar-refractivity contribution in [3.63, 3.8) is 0 Å². The molecule has 0 N–H and O–H groups in total. The zero-order valence-electron chi connectivity index (χ0n) is 12.0. The molecule has 0 amide bonds. The lowest BCUT2D eigenvalue weighted by atomic mass is 9.96. The summed E-state index contributed by atoms with van der Waals surface area (Å²) in [6.45, 7) is 6.34. The van der Waals surface area contributed by atoms with Gasteiger partial charge in [0.25, 0.3) is 0 Å². The molecule has 0 saturated carbocycles. The topological polar surface area (TPSA) is 59.7 Å². The van der Waals surface area contributed by atoms with Crippen LogP contribution in [0.25, 0.3) is 0 Å². The van der Waals surface area contributed by atoms with Gasteiger partial charge in [-0.25, -0.2) is 19.9 Å². The summed E-state index contributed by atoms with van der Waals surface area (Å²) in [6, 6.07) is 0.467. The first-order valence-electron chi connectivity index (χ1n) is 7.15. The molecule has 2 aromatic heterocycles. The van der Waals surface area contributed by atoms with Crippen LogP contribution in [0.2, 0.25) is 0 Å². The fraction of sp³-hybridized carbons (Fsp3) is 0.571. The van der Waals surface area contributed by atoms with Gasteiger partial charge in [-0.1, -0.05) is 0 Å². The van der Waals surface area contributed by atoms with Crippen LogP contribution in [0.3, 0.4) is 0 Å². The van der Waals surface area contributed by atoms with E-state index in [2.05, 4.69) is 49.4 Å². The van der Waals surface area contributed by atoms with Crippen LogP contribution in [-0.4, -0.2) is 37.6 Å². The third-order valence-electron chi connectivity index (χ3n) is 3.88. The van der Waals surface area contributed by atoms with Gasteiger partial charge in [0.2, 0.25) is 5.95 Å². The molecule has 6 nitrogen and oxygen atoms in total. The smallest absolute Gasteiger partial charge is 0.228 e. The highest BCUT2D eigenvalue weighted by atomic mass is 15.3. The number of imidazole rings is 1.